The summed E-state index contributed by atoms with van der Waals surface area (Å²) in [5.41, 5.74) is 8.63. The molecule has 3 aromatic carbocycles. The average molecular weight is 596 g/mol. The van der Waals surface area contributed by atoms with Gasteiger partial charge in [0, 0.05) is 27.9 Å². The summed E-state index contributed by atoms with van der Waals surface area (Å²) >= 11 is 0. The number of carbonyl (C=O) groups excluding carboxylic acids is 1. The quantitative estimate of drug-likeness (QED) is 0.207. The minimum absolute atomic E-state index is 0.191. The van der Waals surface area contributed by atoms with Crippen molar-refractivity contribution in [1.29, 1.82) is 0 Å². The van der Waals surface area contributed by atoms with E-state index in [1.807, 2.05) is 42.5 Å². The SMILES string of the molecule is COc1c(O[Si](C(C)C)(C(C)C)C(C)C)ccc2c1-c1ccc3c(c1/C(=C/c1ccccc1C=O)O2)C(C)=CC(C)(C)N3. The van der Waals surface area contributed by atoms with Gasteiger partial charge < -0.3 is 19.2 Å². The van der Waals surface area contributed by atoms with Gasteiger partial charge in [-0.15, -0.1) is 0 Å². The molecule has 0 fully saturated rings. The summed E-state index contributed by atoms with van der Waals surface area (Å²) < 4.78 is 20.1. The molecule has 0 aromatic heterocycles. The molecule has 0 atom stereocenters. The first-order valence-corrected chi connectivity index (χ1v) is 17.5. The zero-order chi connectivity index (χ0) is 31.3. The molecular weight excluding hydrogens is 550 g/mol. The Kier molecular flexibility index (Phi) is 8.12. The average Bonchev–Trinajstić information content (AvgIpc) is 2.94. The molecule has 0 amide bonds. The summed E-state index contributed by atoms with van der Waals surface area (Å²) in [4.78, 5) is 11.9. The highest BCUT2D eigenvalue weighted by molar-refractivity contribution is 6.78. The topological polar surface area (TPSA) is 56.8 Å². The Hall–Kier alpha value is -3.77. The van der Waals surface area contributed by atoms with Crippen molar-refractivity contribution in [2.75, 3.05) is 12.4 Å². The Labute approximate surface area is 258 Å². The molecule has 2 aliphatic rings. The van der Waals surface area contributed by atoms with Gasteiger partial charge in [0.25, 0.3) is 8.32 Å². The molecule has 226 valence electrons. The summed E-state index contributed by atoms with van der Waals surface area (Å²) in [6, 6.07) is 15.9. The zero-order valence-electron chi connectivity index (χ0n) is 27.2. The third kappa shape index (κ3) is 5.20. The lowest BCUT2D eigenvalue weighted by atomic mass is 9.82. The first-order valence-electron chi connectivity index (χ1n) is 15.3. The normalized spacial score (nSPS) is 16.2. The monoisotopic (exact) mass is 595 g/mol. The molecule has 1 N–H and O–H groups in total. The van der Waals surface area contributed by atoms with Gasteiger partial charge in [0.1, 0.15) is 17.3 Å². The van der Waals surface area contributed by atoms with Crippen molar-refractivity contribution in [3.63, 3.8) is 0 Å². The highest BCUT2D eigenvalue weighted by Crippen LogP contribution is 2.55. The fourth-order valence-electron chi connectivity index (χ4n) is 7.45. The molecule has 0 saturated carbocycles. The number of methoxy groups -OCH3 is 1. The molecule has 0 bridgehead atoms. The van der Waals surface area contributed by atoms with Crippen LogP contribution in [-0.2, 0) is 0 Å². The molecule has 5 nitrogen and oxygen atoms in total. The smallest absolute Gasteiger partial charge is 0.258 e. The van der Waals surface area contributed by atoms with E-state index in [0.717, 1.165) is 51.1 Å². The van der Waals surface area contributed by atoms with E-state index >= 15 is 0 Å². The van der Waals surface area contributed by atoms with Crippen LogP contribution in [0.1, 0.15) is 89.4 Å². The summed E-state index contributed by atoms with van der Waals surface area (Å²) in [6.07, 6.45) is 5.12. The minimum Gasteiger partial charge on any atom is -0.540 e. The maximum absolute atomic E-state index is 11.9. The maximum atomic E-state index is 11.9. The molecular formula is C37H45NO4Si. The second-order valence-electron chi connectivity index (χ2n) is 13.3. The summed E-state index contributed by atoms with van der Waals surface area (Å²) in [7, 11) is -0.550. The molecule has 43 heavy (non-hydrogen) atoms. The van der Waals surface area contributed by atoms with Crippen LogP contribution < -0.4 is 19.2 Å². The lowest BCUT2D eigenvalue weighted by molar-refractivity contribution is 0.112. The number of benzene rings is 3. The Balaban J connectivity index is 1.79. The number of hydrogen-bond acceptors (Lipinski definition) is 5. The van der Waals surface area contributed by atoms with E-state index in [-0.39, 0.29) is 5.54 Å². The number of aldehydes is 1. The predicted octanol–water partition coefficient (Wildman–Crippen LogP) is 10.2. The Morgan fingerprint density at radius 1 is 0.860 bits per heavy atom. The van der Waals surface area contributed by atoms with Gasteiger partial charge >= 0.3 is 0 Å². The Morgan fingerprint density at radius 3 is 2.12 bits per heavy atom. The van der Waals surface area contributed by atoms with Gasteiger partial charge in [-0.1, -0.05) is 78.0 Å². The number of carbonyl (C=O) groups is 1. The minimum atomic E-state index is -2.26. The van der Waals surface area contributed by atoms with Gasteiger partial charge in [-0.2, -0.15) is 0 Å². The van der Waals surface area contributed by atoms with Crippen LogP contribution in [0.2, 0.25) is 16.6 Å². The molecule has 5 rings (SSSR count). The number of anilines is 1. The number of allylic oxidation sites excluding steroid dienone is 1. The van der Waals surface area contributed by atoms with Crippen LogP contribution in [0.3, 0.4) is 0 Å². The summed E-state index contributed by atoms with van der Waals surface area (Å²) in [6.45, 7) is 20.2. The van der Waals surface area contributed by atoms with Gasteiger partial charge in [-0.3, -0.25) is 4.79 Å². The van der Waals surface area contributed by atoms with Crippen LogP contribution >= 0.6 is 0 Å². The van der Waals surface area contributed by atoms with E-state index in [0.29, 0.717) is 39.4 Å². The van der Waals surface area contributed by atoms with Crippen LogP contribution in [0.4, 0.5) is 5.69 Å². The van der Waals surface area contributed by atoms with E-state index < -0.39 is 8.32 Å². The van der Waals surface area contributed by atoms with Crippen molar-refractivity contribution in [3.8, 4) is 28.4 Å². The molecule has 0 unspecified atom stereocenters. The van der Waals surface area contributed by atoms with Crippen molar-refractivity contribution in [2.45, 2.75) is 84.5 Å². The number of nitrogens with one attached hydrogen (secondary N) is 1. The van der Waals surface area contributed by atoms with Crippen LogP contribution in [0, 0.1) is 0 Å². The van der Waals surface area contributed by atoms with Crippen molar-refractivity contribution in [3.05, 3.63) is 76.9 Å². The highest BCUT2D eigenvalue weighted by Gasteiger charge is 2.48. The van der Waals surface area contributed by atoms with Crippen LogP contribution in [-0.4, -0.2) is 27.3 Å². The van der Waals surface area contributed by atoms with Gasteiger partial charge in [-0.25, -0.2) is 0 Å². The van der Waals surface area contributed by atoms with Gasteiger partial charge in [-0.05, 0) is 72.8 Å². The summed E-state index contributed by atoms with van der Waals surface area (Å²) in [5, 5.41) is 3.69. The second-order valence-corrected chi connectivity index (χ2v) is 18.7. The molecule has 0 radical (unpaired) electrons. The molecule has 0 spiro atoms. The van der Waals surface area contributed by atoms with E-state index in [4.69, 9.17) is 13.9 Å². The fourth-order valence-corrected chi connectivity index (χ4v) is 12.7. The molecule has 6 heteroatoms. The number of rotatable bonds is 8. The van der Waals surface area contributed by atoms with Crippen LogP contribution in [0.15, 0.2) is 54.6 Å². The van der Waals surface area contributed by atoms with Crippen LogP contribution in [0.5, 0.6) is 17.2 Å². The van der Waals surface area contributed by atoms with Gasteiger partial charge in [0.05, 0.1) is 18.2 Å². The first-order chi connectivity index (χ1) is 20.3. The standard InChI is InChI=1S/C37H45NO4Si/c1-22(2)43(23(3)4,24(5)6)42-31-18-17-30-35(36(31)40-10)28-15-16-29-33(25(7)20-37(8,9)38-29)34(28)32(41-30)19-26-13-11-12-14-27(26)21-39/h11-24,38H,1-10H3/b32-19-. The largest absolute Gasteiger partial charge is 0.540 e. The molecule has 3 aromatic rings. The summed E-state index contributed by atoms with van der Waals surface area (Å²) in [5.74, 6) is 2.84. The zero-order valence-corrected chi connectivity index (χ0v) is 28.2. The predicted molar refractivity (Wildman–Crippen MR) is 182 cm³/mol. The lowest BCUT2D eigenvalue weighted by Gasteiger charge is -2.42. The molecule has 2 aliphatic heterocycles. The van der Waals surface area contributed by atoms with Crippen molar-refractivity contribution in [2.24, 2.45) is 0 Å². The van der Waals surface area contributed by atoms with Crippen molar-refractivity contribution in [1.82, 2.24) is 0 Å². The Morgan fingerprint density at radius 2 is 1.51 bits per heavy atom. The van der Waals surface area contributed by atoms with Crippen molar-refractivity contribution < 1.29 is 18.7 Å². The highest BCUT2D eigenvalue weighted by atomic mass is 28.4. The van der Waals surface area contributed by atoms with Crippen molar-refractivity contribution >= 4 is 37.7 Å². The lowest BCUT2D eigenvalue weighted by Crippen LogP contribution is -2.50. The third-order valence-electron chi connectivity index (χ3n) is 9.06. The van der Waals surface area contributed by atoms with Gasteiger partial charge in [0.15, 0.2) is 12.0 Å². The first kappa shape index (κ1) is 30.7. The Bertz CT molecular complexity index is 1610. The van der Waals surface area contributed by atoms with Crippen LogP contribution in [0.25, 0.3) is 28.5 Å². The fraction of sp³-hybridized carbons (Fsp3) is 0.378. The number of hydrogen-bond donors (Lipinski definition) is 1. The number of fused-ring (bicyclic) bond motifs is 5. The van der Waals surface area contributed by atoms with E-state index in [1.54, 1.807) is 7.11 Å². The van der Waals surface area contributed by atoms with E-state index in [2.05, 4.69) is 85.8 Å². The second kappa shape index (κ2) is 11.4. The van der Waals surface area contributed by atoms with Gasteiger partial charge in [0.2, 0.25) is 0 Å². The molecule has 0 aliphatic carbocycles. The van der Waals surface area contributed by atoms with E-state index in [1.165, 1.54) is 0 Å². The number of ether oxygens (including phenoxy) is 2. The maximum Gasteiger partial charge on any atom is 0.258 e. The van der Waals surface area contributed by atoms with E-state index in [9.17, 15) is 4.79 Å². The third-order valence-corrected chi connectivity index (χ3v) is 15.0. The molecule has 2 heterocycles. The molecule has 0 saturated heterocycles.